The van der Waals surface area contributed by atoms with Gasteiger partial charge >= 0.3 is 0 Å². The Balaban J connectivity index is 2.24. The van der Waals surface area contributed by atoms with E-state index >= 15 is 0 Å². The fourth-order valence-electron chi connectivity index (χ4n) is 1.70. The first-order valence-corrected chi connectivity index (χ1v) is 7.62. The number of aromatic nitrogens is 3. The van der Waals surface area contributed by atoms with Gasteiger partial charge in [0, 0.05) is 6.04 Å². The Morgan fingerprint density at radius 2 is 2.21 bits per heavy atom. The van der Waals surface area contributed by atoms with Gasteiger partial charge in [-0.1, -0.05) is 12.1 Å². The molecule has 2 rings (SSSR count). The summed E-state index contributed by atoms with van der Waals surface area (Å²) in [4.78, 5) is 3.89. The Labute approximate surface area is 112 Å². The molecule has 0 aliphatic carbocycles. The van der Waals surface area contributed by atoms with Crippen molar-refractivity contribution >= 4 is 10.0 Å². The van der Waals surface area contributed by atoms with Crippen LogP contribution in [0.3, 0.4) is 0 Å². The van der Waals surface area contributed by atoms with Crippen molar-refractivity contribution in [1.29, 1.82) is 0 Å². The molecule has 0 saturated heterocycles. The molecule has 102 valence electrons. The maximum Gasteiger partial charge on any atom is 0.211 e. The van der Waals surface area contributed by atoms with Crippen LogP contribution in [0, 0.1) is 0 Å². The van der Waals surface area contributed by atoms with Crippen molar-refractivity contribution in [2.75, 3.05) is 5.75 Å². The summed E-state index contributed by atoms with van der Waals surface area (Å²) < 4.78 is 27.4. The summed E-state index contributed by atoms with van der Waals surface area (Å²) in [5.74, 6) is 0.0696. The smallest absolute Gasteiger partial charge is 0.211 e. The van der Waals surface area contributed by atoms with E-state index in [1.54, 1.807) is 17.9 Å². The van der Waals surface area contributed by atoms with Gasteiger partial charge in [0.25, 0.3) is 0 Å². The molecule has 7 heteroatoms. The number of hydrogen-bond donors (Lipinski definition) is 1. The zero-order valence-corrected chi connectivity index (χ0v) is 11.6. The molecule has 0 unspecified atom stereocenters. The van der Waals surface area contributed by atoms with E-state index in [1.807, 2.05) is 31.2 Å². The van der Waals surface area contributed by atoms with Gasteiger partial charge in [-0.25, -0.2) is 22.8 Å². The molecule has 0 fully saturated rings. The van der Waals surface area contributed by atoms with Crippen LogP contribution in [0.1, 0.15) is 25.5 Å². The maximum absolute atomic E-state index is 11.6. The summed E-state index contributed by atoms with van der Waals surface area (Å²) in [6.07, 6.45) is 3.05. The fraction of sp³-hybridized carbons (Fsp3) is 0.333. The van der Waals surface area contributed by atoms with E-state index < -0.39 is 10.0 Å². The van der Waals surface area contributed by atoms with Crippen molar-refractivity contribution in [2.45, 2.75) is 19.9 Å². The maximum atomic E-state index is 11.6. The Bertz CT molecular complexity index is 638. The summed E-state index contributed by atoms with van der Waals surface area (Å²) in [5.41, 5.74) is 1.72. The SMILES string of the molecule is CCS(=O)(=O)N[C@H](C)c1cccc(-n2cncn2)c1. The van der Waals surface area contributed by atoms with Crippen LogP contribution in [-0.4, -0.2) is 28.9 Å². The second-order valence-corrected chi connectivity index (χ2v) is 6.22. The number of sulfonamides is 1. The first-order valence-electron chi connectivity index (χ1n) is 5.97. The van der Waals surface area contributed by atoms with Gasteiger partial charge in [-0.05, 0) is 31.5 Å². The Kier molecular flexibility index (Phi) is 3.96. The monoisotopic (exact) mass is 280 g/mol. The largest absolute Gasteiger partial charge is 0.223 e. The summed E-state index contributed by atoms with van der Waals surface area (Å²) in [6.45, 7) is 3.43. The molecular formula is C12H16N4O2S. The van der Waals surface area contributed by atoms with Gasteiger partial charge in [0.2, 0.25) is 10.0 Å². The topological polar surface area (TPSA) is 76.9 Å². The van der Waals surface area contributed by atoms with E-state index in [9.17, 15) is 8.42 Å². The molecule has 0 radical (unpaired) electrons. The number of nitrogens with one attached hydrogen (secondary N) is 1. The molecule has 19 heavy (non-hydrogen) atoms. The Hall–Kier alpha value is -1.73. The average molecular weight is 280 g/mol. The van der Waals surface area contributed by atoms with E-state index in [0.29, 0.717) is 0 Å². The summed E-state index contributed by atoms with van der Waals surface area (Å²) >= 11 is 0. The molecule has 0 bridgehead atoms. The first-order chi connectivity index (χ1) is 9.02. The molecule has 1 aromatic carbocycles. The molecule has 0 spiro atoms. The minimum absolute atomic E-state index is 0.0696. The third-order valence-electron chi connectivity index (χ3n) is 2.79. The van der Waals surface area contributed by atoms with Gasteiger partial charge in [0.15, 0.2) is 0 Å². The van der Waals surface area contributed by atoms with Crippen molar-refractivity contribution in [1.82, 2.24) is 19.5 Å². The highest BCUT2D eigenvalue weighted by Gasteiger charge is 2.14. The van der Waals surface area contributed by atoms with Crippen molar-refractivity contribution in [2.24, 2.45) is 0 Å². The van der Waals surface area contributed by atoms with Crippen LogP contribution >= 0.6 is 0 Å². The number of benzene rings is 1. The van der Waals surface area contributed by atoms with Crippen molar-refractivity contribution in [3.05, 3.63) is 42.5 Å². The Morgan fingerprint density at radius 3 is 2.84 bits per heavy atom. The quantitative estimate of drug-likeness (QED) is 0.894. The highest BCUT2D eigenvalue weighted by atomic mass is 32.2. The van der Waals surface area contributed by atoms with E-state index in [2.05, 4.69) is 14.8 Å². The lowest BCUT2D eigenvalue weighted by atomic mass is 10.1. The summed E-state index contributed by atoms with van der Waals surface area (Å²) in [5, 5.41) is 4.04. The van der Waals surface area contributed by atoms with Gasteiger partial charge in [-0.2, -0.15) is 5.10 Å². The normalized spacial score (nSPS) is 13.4. The predicted octanol–water partition coefficient (Wildman–Crippen LogP) is 1.27. The van der Waals surface area contributed by atoms with Crippen molar-refractivity contribution < 1.29 is 8.42 Å². The van der Waals surface area contributed by atoms with Crippen LogP contribution < -0.4 is 4.72 Å². The zero-order chi connectivity index (χ0) is 13.9. The molecule has 1 heterocycles. The van der Waals surface area contributed by atoms with E-state index in [0.717, 1.165) is 11.3 Å². The summed E-state index contributed by atoms with van der Waals surface area (Å²) in [6, 6.07) is 7.23. The molecule has 0 aliphatic heterocycles. The van der Waals surface area contributed by atoms with Gasteiger partial charge in [0.1, 0.15) is 12.7 Å². The molecule has 0 amide bonds. The van der Waals surface area contributed by atoms with Gasteiger partial charge in [0.05, 0.1) is 11.4 Å². The lowest BCUT2D eigenvalue weighted by Gasteiger charge is -2.14. The van der Waals surface area contributed by atoms with Crippen LogP contribution in [0.25, 0.3) is 5.69 Å². The zero-order valence-electron chi connectivity index (χ0n) is 10.8. The highest BCUT2D eigenvalue weighted by Crippen LogP contribution is 2.17. The molecule has 1 N–H and O–H groups in total. The first kappa shape index (κ1) is 13.7. The second-order valence-electron chi connectivity index (χ2n) is 4.18. The number of rotatable bonds is 5. The predicted molar refractivity (Wildman–Crippen MR) is 72.4 cm³/mol. The van der Waals surface area contributed by atoms with Crippen LogP contribution in [-0.2, 0) is 10.0 Å². The molecule has 0 saturated carbocycles. The van der Waals surface area contributed by atoms with Crippen LogP contribution in [0.5, 0.6) is 0 Å². The third-order valence-corrected chi connectivity index (χ3v) is 4.26. The Morgan fingerprint density at radius 1 is 1.42 bits per heavy atom. The van der Waals surface area contributed by atoms with Crippen molar-refractivity contribution in [3.63, 3.8) is 0 Å². The average Bonchev–Trinajstić information content (AvgIpc) is 2.92. The molecule has 2 aromatic rings. The molecule has 0 aliphatic rings. The third kappa shape index (κ3) is 3.39. The van der Waals surface area contributed by atoms with Gasteiger partial charge < -0.3 is 0 Å². The van der Waals surface area contributed by atoms with Crippen LogP contribution in [0.15, 0.2) is 36.9 Å². The van der Waals surface area contributed by atoms with Gasteiger partial charge in [-0.15, -0.1) is 0 Å². The number of hydrogen-bond acceptors (Lipinski definition) is 4. The van der Waals surface area contributed by atoms with E-state index in [4.69, 9.17) is 0 Å². The summed E-state index contributed by atoms with van der Waals surface area (Å²) in [7, 11) is -3.22. The van der Waals surface area contributed by atoms with E-state index in [1.165, 1.54) is 6.33 Å². The molecule has 1 aromatic heterocycles. The van der Waals surface area contributed by atoms with Crippen LogP contribution in [0.4, 0.5) is 0 Å². The van der Waals surface area contributed by atoms with Crippen LogP contribution in [0.2, 0.25) is 0 Å². The second kappa shape index (κ2) is 5.50. The molecular weight excluding hydrogens is 264 g/mol. The fourth-order valence-corrected chi connectivity index (χ4v) is 2.54. The lowest BCUT2D eigenvalue weighted by molar-refractivity contribution is 0.568. The number of nitrogens with zero attached hydrogens (tertiary/aromatic N) is 3. The minimum atomic E-state index is -3.22. The standard InChI is InChI=1S/C12H16N4O2S/c1-3-19(17,18)15-10(2)11-5-4-6-12(7-11)16-9-13-8-14-16/h4-10,15H,3H2,1-2H3/t10-/m1/s1. The van der Waals surface area contributed by atoms with Crippen molar-refractivity contribution in [3.8, 4) is 5.69 Å². The molecule has 1 atom stereocenters. The van der Waals surface area contributed by atoms with E-state index in [-0.39, 0.29) is 11.8 Å². The minimum Gasteiger partial charge on any atom is -0.223 e. The van der Waals surface area contributed by atoms with Gasteiger partial charge in [-0.3, -0.25) is 0 Å². The lowest BCUT2D eigenvalue weighted by Crippen LogP contribution is -2.28. The highest BCUT2D eigenvalue weighted by molar-refractivity contribution is 7.89. The molecule has 6 nitrogen and oxygen atoms in total.